The van der Waals surface area contributed by atoms with Crippen LogP contribution in [0, 0.1) is 10.8 Å². The van der Waals surface area contributed by atoms with Gasteiger partial charge < -0.3 is 20.9 Å². The van der Waals surface area contributed by atoms with Crippen molar-refractivity contribution in [1.82, 2.24) is 39.5 Å². The number of carbonyl (C=O) groups is 2. The van der Waals surface area contributed by atoms with E-state index < -0.39 is 50.3 Å². The summed E-state index contributed by atoms with van der Waals surface area (Å²) in [6, 6.07) is 19.6. The number of nitrogens with zero attached hydrogens (tertiary/aromatic N) is 7. The summed E-state index contributed by atoms with van der Waals surface area (Å²) in [5, 5.41) is 31.7. The molecule has 0 bridgehead atoms. The summed E-state index contributed by atoms with van der Waals surface area (Å²) in [6.45, 7) is 16.9. The first-order valence-electron chi connectivity index (χ1n) is 27.0. The van der Waals surface area contributed by atoms with Crippen LogP contribution >= 0.6 is 0 Å². The Hall–Kier alpha value is -5.90. The zero-order valence-electron chi connectivity index (χ0n) is 45.7. The first-order valence-corrected chi connectivity index (χ1v) is 34.2. The van der Waals surface area contributed by atoms with Crippen LogP contribution in [0.15, 0.2) is 85.5 Å². The lowest BCUT2D eigenvalue weighted by atomic mass is 9.76. The Morgan fingerprint density at radius 2 is 1.32 bits per heavy atom. The highest BCUT2D eigenvalue weighted by Gasteiger charge is 2.40. The van der Waals surface area contributed by atoms with Crippen molar-refractivity contribution < 1.29 is 36.3 Å². The van der Waals surface area contributed by atoms with E-state index in [4.69, 9.17) is 10.5 Å². The molecule has 4 aromatic heterocycles. The van der Waals surface area contributed by atoms with Crippen LogP contribution in [-0.4, -0.2) is 110 Å². The Morgan fingerprint density at radius 3 is 1.86 bits per heavy atom. The molecule has 0 radical (unpaired) electrons. The molecule has 5 N–H and O–H groups in total. The zero-order chi connectivity index (χ0) is 55.3. The van der Waals surface area contributed by atoms with E-state index in [-0.39, 0.29) is 40.0 Å². The number of fused-ring (bicyclic) bond motifs is 2. The number of ether oxygens (including phenoxy) is 1. The Labute approximate surface area is 454 Å². The summed E-state index contributed by atoms with van der Waals surface area (Å²) in [7, 11) is -7.47. The number of aromatic amines is 1. The number of nitrogens with one attached hydrogen (secondary N) is 2. The van der Waals surface area contributed by atoms with Crippen LogP contribution in [0.3, 0.4) is 0 Å². The largest absolute Gasteiger partial charge is 0.476 e. The number of benzene rings is 2. The molecule has 2 aliphatic carbocycles. The van der Waals surface area contributed by atoms with Gasteiger partial charge in [-0.2, -0.15) is 20.4 Å². The summed E-state index contributed by atoms with van der Waals surface area (Å²) >= 11 is 0. The second kappa shape index (κ2) is 23.6. The fourth-order valence-corrected chi connectivity index (χ4v) is 16.1. The van der Waals surface area contributed by atoms with Crippen molar-refractivity contribution in [3.63, 3.8) is 0 Å². The van der Waals surface area contributed by atoms with Crippen LogP contribution < -0.4 is 11.1 Å². The number of anilines is 2. The number of nitrogens with two attached hydrogens (primary N) is 1. The number of sulfone groups is 2. The summed E-state index contributed by atoms with van der Waals surface area (Å²) in [5.74, 6) is -0.750. The topological polar surface area (TPSA) is 252 Å². The van der Waals surface area contributed by atoms with Gasteiger partial charge in [0.05, 0.1) is 57.9 Å². The highest BCUT2D eigenvalue weighted by Crippen LogP contribution is 2.39. The van der Waals surface area contributed by atoms with Gasteiger partial charge in [0.25, 0.3) is 5.91 Å². The van der Waals surface area contributed by atoms with Crippen molar-refractivity contribution >= 4 is 51.0 Å². The minimum absolute atomic E-state index is 0.193. The highest BCUT2D eigenvalue weighted by molar-refractivity contribution is 7.92. The molecule has 18 nitrogen and oxygen atoms in total. The van der Waals surface area contributed by atoms with Crippen molar-refractivity contribution in [2.45, 2.75) is 160 Å². The lowest BCUT2D eigenvalue weighted by Gasteiger charge is -2.30. The second-order valence-corrected chi connectivity index (χ2v) is 34.4. The van der Waals surface area contributed by atoms with E-state index in [0.29, 0.717) is 43.1 Å². The van der Waals surface area contributed by atoms with E-state index in [1.165, 1.54) is 0 Å². The molecule has 6 heterocycles. The smallest absolute Gasteiger partial charge is 0.356 e. The van der Waals surface area contributed by atoms with Crippen molar-refractivity contribution in [2.24, 2.45) is 10.8 Å². The SMILES string of the molecule is CC1(C)CCc2c(C(=O)Nc3cnn(C(c4ccccc4)C4CCCCS4(=O)=O)c3)n[nH]c2C1.CC1(C)CCc2c(C(=O)O)nn(COCC[Si](C)(C)C)c2C1.Nc1cnn(C(c2ccccc2)C2CCCCS2(=O)=O)c1. The zero-order valence-corrected chi connectivity index (χ0v) is 48.4. The third-order valence-corrected chi connectivity index (χ3v) is 21.7. The number of rotatable bonds is 14. The monoisotopic (exact) mass is 1110 g/mol. The molecule has 4 unspecified atom stereocenters. The summed E-state index contributed by atoms with van der Waals surface area (Å²) in [4.78, 5) is 24.4. The Morgan fingerprint density at radius 1 is 0.779 bits per heavy atom. The van der Waals surface area contributed by atoms with Gasteiger partial charge in [0.15, 0.2) is 31.1 Å². The fraction of sp³-hybridized carbons (Fsp3) is 0.536. The molecule has 0 spiro atoms. The van der Waals surface area contributed by atoms with Gasteiger partial charge in [0.1, 0.15) is 6.73 Å². The minimum Gasteiger partial charge on any atom is -0.476 e. The van der Waals surface area contributed by atoms with E-state index in [1.807, 2.05) is 60.7 Å². The Bertz CT molecular complexity index is 3220. The number of carboxylic acids is 1. The van der Waals surface area contributed by atoms with Crippen LogP contribution in [0.2, 0.25) is 25.7 Å². The molecular formula is C56H78N10O8S2Si. The van der Waals surface area contributed by atoms with Gasteiger partial charge in [0.2, 0.25) is 0 Å². The van der Waals surface area contributed by atoms with Gasteiger partial charge in [-0.15, -0.1) is 0 Å². The average molecular weight is 1110 g/mol. The van der Waals surface area contributed by atoms with Crippen LogP contribution in [0.25, 0.3) is 0 Å². The number of hydrogen-bond acceptors (Lipinski definition) is 12. The number of aromatic carboxylic acids is 1. The lowest BCUT2D eigenvalue weighted by molar-refractivity contribution is 0.0667. The van der Waals surface area contributed by atoms with Gasteiger partial charge >= 0.3 is 5.97 Å². The molecule has 2 fully saturated rings. The lowest BCUT2D eigenvalue weighted by Crippen LogP contribution is -2.37. The number of carboxylic acid groups (broad SMARTS) is 1. The molecule has 2 aliphatic heterocycles. The van der Waals surface area contributed by atoms with Crippen molar-refractivity contribution in [3.05, 3.63) is 130 Å². The normalized spacial score (nSPS) is 20.9. The maximum atomic E-state index is 13.0. The maximum Gasteiger partial charge on any atom is 0.356 e. The predicted molar refractivity (Wildman–Crippen MR) is 302 cm³/mol. The summed E-state index contributed by atoms with van der Waals surface area (Å²) < 4.78 is 61.9. The van der Waals surface area contributed by atoms with Gasteiger partial charge in [0, 0.05) is 49.6 Å². The van der Waals surface area contributed by atoms with Gasteiger partial charge in [-0.1, -0.05) is 121 Å². The quantitative estimate of drug-likeness (QED) is 0.0587. The Balaban J connectivity index is 0.000000160. The second-order valence-electron chi connectivity index (χ2n) is 24.1. The van der Waals surface area contributed by atoms with E-state index in [9.17, 15) is 31.5 Å². The molecule has 4 atom stereocenters. The van der Waals surface area contributed by atoms with E-state index in [0.717, 1.165) is 104 Å². The van der Waals surface area contributed by atoms with Crippen LogP contribution in [-0.2, 0) is 56.8 Å². The number of nitrogen functional groups attached to an aromatic ring is 1. The van der Waals surface area contributed by atoms with Gasteiger partial charge in [-0.3, -0.25) is 19.3 Å². The first kappa shape index (κ1) is 57.3. The van der Waals surface area contributed by atoms with Crippen molar-refractivity contribution in [2.75, 3.05) is 29.2 Å². The number of hydrogen-bond donors (Lipinski definition) is 4. The molecule has 0 saturated carbocycles. The average Bonchev–Trinajstić information content (AvgIpc) is 4.22. The Kier molecular flexibility index (Phi) is 17.6. The van der Waals surface area contributed by atoms with Crippen molar-refractivity contribution in [3.8, 4) is 0 Å². The molecule has 2 aromatic carbocycles. The van der Waals surface area contributed by atoms with Crippen LogP contribution in [0.5, 0.6) is 0 Å². The summed E-state index contributed by atoms with van der Waals surface area (Å²) in [6.07, 6.45) is 16.4. The van der Waals surface area contributed by atoms with Gasteiger partial charge in [-0.25, -0.2) is 26.3 Å². The summed E-state index contributed by atoms with van der Waals surface area (Å²) in [5.41, 5.74) is 13.7. The molecular weight excluding hydrogens is 1030 g/mol. The predicted octanol–water partition coefficient (Wildman–Crippen LogP) is 9.36. The van der Waals surface area contributed by atoms with Crippen molar-refractivity contribution in [1.29, 1.82) is 0 Å². The number of carbonyl (C=O) groups excluding carboxylic acids is 1. The first-order chi connectivity index (χ1) is 36.4. The number of amides is 1. The molecule has 6 aromatic rings. The van der Waals surface area contributed by atoms with E-state index >= 15 is 0 Å². The standard InChI is InChI=1S/C25H31N5O3S.C16H28N2O3Si.C15H19N3O2S/c1-25(2)12-11-19-20(14-25)28-29-22(19)24(31)27-18-15-26-30(16-18)23(17-8-4-3-5-9-17)21-10-6-7-13-34(21,32)33;1-16(2)7-6-12-13(10-16)18(17-14(12)15(19)20)11-21-8-9-22(3,4)5;16-13-10-17-18(11-13)15(12-6-2-1-3-7-12)14-8-4-5-9-21(14,19)20/h3-5,8-9,15-16,21,23H,6-7,10-14H2,1-2H3,(H,27,31)(H,28,29);6-11H2,1-5H3,(H,19,20);1-3,6-7,10-11,14-15H,4-5,8-9,16H2. The molecule has 1 amide bonds. The molecule has 2 saturated heterocycles. The fourth-order valence-electron chi connectivity index (χ4n) is 11.1. The minimum atomic E-state index is -3.25. The number of aromatic nitrogens is 8. The van der Waals surface area contributed by atoms with E-state index in [1.54, 1.807) is 38.8 Å². The maximum absolute atomic E-state index is 13.0. The molecule has 21 heteroatoms. The van der Waals surface area contributed by atoms with Gasteiger partial charge in [-0.05, 0) is 92.2 Å². The third-order valence-electron chi connectivity index (χ3n) is 15.4. The van der Waals surface area contributed by atoms with Crippen LogP contribution in [0.1, 0.15) is 146 Å². The van der Waals surface area contributed by atoms with E-state index in [2.05, 4.69) is 78.1 Å². The highest BCUT2D eigenvalue weighted by atomic mass is 32.2. The van der Waals surface area contributed by atoms with Crippen LogP contribution in [0.4, 0.5) is 11.4 Å². The molecule has 77 heavy (non-hydrogen) atoms. The molecule has 4 aliphatic rings. The third kappa shape index (κ3) is 14.2. The molecule has 416 valence electrons. The molecule has 10 rings (SSSR count). The number of H-pyrrole nitrogens is 1.